The van der Waals surface area contributed by atoms with E-state index in [4.69, 9.17) is 9.26 Å². The Balaban J connectivity index is 1.56. The number of aromatic nitrogens is 1. The Morgan fingerprint density at radius 1 is 1.38 bits per heavy atom. The summed E-state index contributed by atoms with van der Waals surface area (Å²) in [6.45, 7) is 4.29. The van der Waals surface area contributed by atoms with Gasteiger partial charge in [0.2, 0.25) is 5.91 Å². The van der Waals surface area contributed by atoms with Crippen LogP contribution in [0, 0.1) is 11.8 Å². The van der Waals surface area contributed by atoms with Crippen molar-refractivity contribution in [3.05, 3.63) is 17.5 Å². The summed E-state index contributed by atoms with van der Waals surface area (Å²) in [6, 6.07) is 1.97. The molecule has 1 amide bonds. The molecular weight excluding hydrogens is 306 g/mol. The second-order valence-electron chi connectivity index (χ2n) is 7.08. The first-order chi connectivity index (χ1) is 11.8. The van der Waals surface area contributed by atoms with E-state index in [9.17, 15) is 4.79 Å². The van der Waals surface area contributed by atoms with Crippen LogP contribution in [0.25, 0.3) is 0 Å². The van der Waals surface area contributed by atoms with E-state index in [-0.39, 0.29) is 0 Å². The van der Waals surface area contributed by atoms with Crippen molar-refractivity contribution in [3.8, 4) is 0 Å². The second-order valence-corrected chi connectivity index (χ2v) is 7.08. The molecule has 24 heavy (non-hydrogen) atoms. The van der Waals surface area contributed by atoms with Crippen molar-refractivity contribution in [1.82, 2.24) is 15.4 Å². The number of carbonyl (C=O) groups is 1. The zero-order valence-corrected chi connectivity index (χ0v) is 14.6. The van der Waals surface area contributed by atoms with Crippen molar-refractivity contribution < 1.29 is 14.1 Å². The maximum absolute atomic E-state index is 12.6. The van der Waals surface area contributed by atoms with E-state index in [0.717, 1.165) is 63.3 Å². The molecule has 134 valence electrons. The highest BCUT2D eigenvalue weighted by Gasteiger charge is 2.30. The number of piperidine rings is 2. The van der Waals surface area contributed by atoms with Crippen LogP contribution in [0.3, 0.4) is 0 Å². The maximum atomic E-state index is 12.6. The number of likely N-dealkylation sites (tertiary alicyclic amines) is 1. The summed E-state index contributed by atoms with van der Waals surface area (Å²) in [5, 5.41) is 7.62. The van der Waals surface area contributed by atoms with Crippen molar-refractivity contribution in [2.75, 3.05) is 33.3 Å². The van der Waals surface area contributed by atoms with E-state index in [2.05, 4.69) is 15.4 Å². The number of amides is 1. The third-order valence-electron chi connectivity index (χ3n) is 5.28. The van der Waals surface area contributed by atoms with Gasteiger partial charge >= 0.3 is 0 Å². The minimum absolute atomic E-state index is 0.340. The quantitative estimate of drug-likeness (QED) is 0.861. The van der Waals surface area contributed by atoms with E-state index in [1.165, 1.54) is 6.42 Å². The highest BCUT2D eigenvalue weighted by atomic mass is 16.5. The molecule has 3 heterocycles. The summed E-state index contributed by atoms with van der Waals surface area (Å²) in [5.74, 6) is 1.97. The Bertz CT molecular complexity index is 525. The van der Waals surface area contributed by atoms with Gasteiger partial charge in [-0.15, -0.1) is 0 Å². The molecule has 0 spiro atoms. The van der Waals surface area contributed by atoms with E-state index in [1.807, 2.05) is 6.07 Å². The number of hydrogen-bond donors (Lipinski definition) is 1. The second kappa shape index (κ2) is 8.62. The fourth-order valence-electron chi connectivity index (χ4n) is 3.91. The molecule has 6 heteroatoms. The Morgan fingerprint density at radius 2 is 2.21 bits per heavy atom. The molecule has 0 saturated carbocycles. The monoisotopic (exact) mass is 335 g/mol. The molecule has 1 N–H and O–H groups in total. The van der Waals surface area contributed by atoms with Gasteiger partial charge in [0, 0.05) is 32.7 Å². The number of nitrogens with one attached hydrogen (secondary N) is 1. The van der Waals surface area contributed by atoms with Crippen LogP contribution in [-0.4, -0.2) is 49.3 Å². The van der Waals surface area contributed by atoms with Gasteiger partial charge in [0.1, 0.15) is 6.61 Å². The third-order valence-corrected chi connectivity index (χ3v) is 5.28. The molecule has 0 radical (unpaired) electrons. The van der Waals surface area contributed by atoms with Crippen LogP contribution in [0.5, 0.6) is 0 Å². The van der Waals surface area contributed by atoms with Crippen molar-refractivity contribution in [2.45, 2.75) is 45.1 Å². The summed E-state index contributed by atoms with van der Waals surface area (Å²) < 4.78 is 10.4. The lowest BCUT2D eigenvalue weighted by molar-refractivity contribution is -0.133. The summed E-state index contributed by atoms with van der Waals surface area (Å²) in [5.41, 5.74) is 0.964. The molecular formula is C18H29N3O3. The Labute approximate surface area is 143 Å². The van der Waals surface area contributed by atoms with E-state index >= 15 is 0 Å². The molecule has 2 fully saturated rings. The van der Waals surface area contributed by atoms with E-state index in [0.29, 0.717) is 30.8 Å². The van der Waals surface area contributed by atoms with E-state index < -0.39 is 0 Å². The average Bonchev–Trinajstić information content (AvgIpc) is 3.05. The number of carbonyl (C=O) groups excluding carboxylic acids is 1. The minimum atomic E-state index is 0.340. The first kappa shape index (κ1) is 17.4. The van der Waals surface area contributed by atoms with Crippen molar-refractivity contribution >= 4 is 5.91 Å². The van der Waals surface area contributed by atoms with Crippen molar-refractivity contribution in [3.63, 3.8) is 0 Å². The van der Waals surface area contributed by atoms with Crippen LogP contribution < -0.4 is 5.32 Å². The zero-order chi connectivity index (χ0) is 16.8. The predicted octanol–water partition coefficient (Wildman–Crippen LogP) is 1.99. The first-order valence-corrected chi connectivity index (χ1v) is 9.18. The molecule has 1 aromatic rings. The van der Waals surface area contributed by atoms with Gasteiger partial charge in [-0.1, -0.05) is 5.16 Å². The van der Waals surface area contributed by atoms with Gasteiger partial charge in [0.25, 0.3) is 0 Å². The molecule has 0 unspecified atom stereocenters. The van der Waals surface area contributed by atoms with Gasteiger partial charge in [-0.25, -0.2) is 0 Å². The third kappa shape index (κ3) is 4.57. The fourth-order valence-corrected chi connectivity index (χ4v) is 3.91. The van der Waals surface area contributed by atoms with Crippen LogP contribution in [0.2, 0.25) is 0 Å². The van der Waals surface area contributed by atoms with Gasteiger partial charge in [-0.3, -0.25) is 4.79 Å². The standard InChI is InChI=1S/C18H29N3O3/c1-23-13-17-11-16(20-24-17)9-15-12-19-6-5-14(15)10-18(22)21-7-3-2-4-8-21/h11,14-15,19H,2-10,12-13H2,1H3/t14-,15-/m0/s1. The van der Waals surface area contributed by atoms with Crippen LogP contribution >= 0.6 is 0 Å². The summed E-state index contributed by atoms with van der Waals surface area (Å²) in [7, 11) is 1.65. The number of hydrogen-bond acceptors (Lipinski definition) is 5. The first-order valence-electron chi connectivity index (χ1n) is 9.18. The molecule has 1 aromatic heterocycles. The Morgan fingerprint density at radius 3 is 3.00 bits per heavy atom. The Kier molecular flexibility index (Phi) is 6.26. The smallest absolute Gasteiger partial charge is 0.222 e. The largest absolute Gasteiger partial charge is 0.377 e. The Hall–Kier alpha value is -1.40. The molecule has 2 saturated heterocycles. The van der Waals surface area contributed by atoms with Gasteiger partial charge < -0.3 is 19.5 Å². The fraction of sp³-hybridized carbons (Fsp3) is 0.778. The normalized spacial score (nSPS) is 25.0. The molecule has 2 aliphatic rings. The molecule has 3 rings (SSSR count). The molecule has 0 aromatic carbocycles. The van der Waals surface area contributed by atoms with Crippen LogP contribution in [0.1, 0.15) is 43.6 Å². The molecule has 0 bridgehead atoms. The lowest BCUT2D eigenvalue weighted by atomic mass is 9.81. The van der Waals surface area contributed by atoms with Gasteiger partial charge in [-0.05, 0) is 57.0 Å². The lowest BCUT2D eigenvalue weighted by Crippen LogP contribution is -2.42. The van der Waals surface area contributed by atoms with Gasteiger partial charge in [0.15, 0.2) is 5.76 Å². The number of rotatable bonds is 6. The minimum Gasteiger partial charge on any atom is -0.377 e. The van der Waals surface area contributed by atoms with E-state index in [1.54, 1.807) is 7.11 Å². The molecule has 2 atom stereocenters. The highest BCUT2D eigenvalue weighted by molar-refractivity contribution is 5.76. The molecule has 6 nitrogen and oxygen atoms in total. The summed E-state index contributed by atoms with van der Waals surface area (Å²) in [6.07, 6.45) is 6.17. The van der Waals surface area contributed by atoms with Crippen molar-refractivity contribution in [1.29, 1.82) is 0 Å². The number of ether oxygens (including phenoxy) is 1. The predicted molar refractivity (Wildman–Crippen MR) is 90.4 cm³/mol. The highest BCUT2D eigenvalue weighted by Crippen LogP contribution is 2.27. The maximum Gasteiger partial charge on any atom is 0.222 e. The van der Waals surface area contributed by atoms with Crippen LogP contribution in [-0.2, 0) is 22.6 Å². The SMILES string of the molecule is COCc1cc(C[C@H]2CNCC[C@H]2CC(=O)N2CCCCC2)no1. The van der Waals surface area contributed by atoms with Crippen molar-refractivity contribution in [2.24, 2.45) is 11.8 Å². The topological polar surface area (TPSA) is 67.6 Å². The van der Waals surface area contributed by atoms with Crippen LogP contribution in [0.4, 0.5) is 0 Å². The van der Waals surface area contributed by atoms with Gasteiger partial charge in [-0.2, -0.15) is 0 Å². The summed E-state index contributed by atoms with van der Waals surface area (Å²) in [4.78, 5) is 14.7. The molecule has 2 aliphatic heterocycles. The molecule has 0 aliphatic carbocycles. The van der Waals surface area contributed by atoms with Crippen LogP contribution in [0.15, 0.2) is 10.6 Å². The number of nitrogens with zero attached hydrogens (tertiary/aromatic N) is 2. The average molecular weight is 335 g/mol. The lowest BCUT2D eigenvalue weighted by Gasteiger charge is -2.34. The summed E-state index contributed by atoms with van der Waals surface area (Å²) >= 11 is 0. The zero-order valence-electron chi connectivity index (χ0n) is 14.6. The van der Waals surface area contributed by atoms with Gasteiger partial charge in [0.05, 0.1) is 5.69 Å². The number of methoxy groups -OCH3 is 1.